The number of rotatable bonds is 3. The van der Waals surface area contributed by atoms with Gasteiger partial charge in [0, 0.05) is 3.57 Å². The molecular formula is C9H13ClINO. The first kappa shape index (κ1) is 13.0. The number of nitrogens with two attached hydrogens (primary N) is 1. The molecule has 0 atom stereocenters. The second-order valence-electron chi connectivity index (χ2n) is 2.50. The van der Waals surface area contributed by atoms with Crippen LogP contribution in [-0.2, 0) is 6.42 Å². The van der Waals surface area contributed by atoms with Gasteiger partial charge < -0.3 is 10.5 Å². The highest BCUT2D eigenvalue weighted by Gasteiger charge is 2.00. The lowest BCUT2D eigenvalue weighted by Crippen LogP contribution is -2.04. The lowest BCUT2D eigenvalue weighted by molar-refractivity contribution is 0.414. The Morgan fingerprint density at radius 1 is 1.46 bits per heavy atom. The molecule has 2 nitrogen and oxygen atoms in total. The molecule has 0 heterocycles. The van der Waals surface area contributed by atoms with Crippen molar-refractivity contribution < 1.29 is 4.74 Å². The number of hydrogen-bond donors (Lipinski definition) is 1. The van der Waals surface area contributed by atoms with E-state index in [0.29, 0.717) is 6.54 Å². The van der Waals surface area contributed by atoms with Crippen molar-refractivity contribution in [2.24, 2.45) is 5.73 Å². The number of hydrogen-bond acceptors (Lipinski definition) is 2. The molecule has 13 heavy (non-hydrogen) atoms. The van der Waals surface area contributed by atoms with Gasteiger partial charge in [0.15, 0.2) is 0 Å². The smallest absolute Gasteiger partial charge is 0.119 e. The van der Waals surface area contributed by atoms with Gasteiger partial charge in [-0.15, -0.1) is 12.4 Å². The van der Waals surface area contributed by atoms with Crippen molar-refractivity contribution in [2.45, 2.75) is 6.42 Å². The molecule has 0 spiro atoms. The Balaban J connectivity index is 0.00000144. The highest BCUT2D eigenvalue weighted by Crippen LogP contribution is 2.19. The molecule has 4 heteroatoms. The van der Waals surface area contributed by atoms with Gasteiger partial charge >= 0.3 is 0 Å². The standard InChI is InChI=1S/C9H12INO.ClH/c1-12-8-2-3-9(10)7(6-8)4-5-11;/h2-3,6H,4-5,11H2,1H3;1H. The van der Waals surface area contributed by atoms with E-state index in [2.05, 4.69) is 22.6 Å². The van der Waals surface area contributed by atoms with Gasteiger partial charge in [-0.05, 0) is 59.3 Å². The van der Waals surface area contributed by atoms with Gasteiger partial charge in [-0.1, -0.05) is 0 Å². The van der Waals surface area contributed by atoms with Crippen LogP contribution in [0.15, 0.2) is 18.2 Å². The lowest BCUT2D eigenvalue weighted by Gasteiger charge is -2.05. The average Bonchev–Trinajstić information content (AvgIpc) is 2.09. The minimum Gasteiger partial charge on any atom is -0.497 e. The predicted molar refractivity (Wildman–Crippen MR) is 65.7 cm³/mol. The van der Waals surface area contributed by atoms with Gasteiger partial charge in [0.25, 0.3) is 0 Å². The van der Waals surface area contributed by atoms with Crippen molar-refractivity contribution in [2.75, 3.05) is 13.7 Å². The summed E-state index contributed by atoms with van der Waals surface area (Å²) in [6, 6.07) is 6.04. The van der Waals surface area contributed by atoms with Crippen LogP contribution in [0.4, 0.5) is 0 Å². The normalized spacial score (nSPS) is 9.15. The summed E-state index contributed by atoms with van der Waals surface area (Å²) in [5, 5.41) is 0. The van der Waals surface area contributed by atoms with E-state index < -0.39 is 0 Å². The van der Waals surface area contributed by atoms with E-state index in [1.807, 2.05) is 18.2 Å². The Morgan fingerprint density at radius 2 is 2.15 bits per heavy atom. The zero-order chi connectivity index (χ0) is 8.97. The van der Waals surface area contributed by atoms with Crippen molar-refractivity contribution in [1.29, 1.82) is 0 Å². The third-order valence-electron chi connectivity index (χ3n) is 1.67. The first-order valence-electron chi connectivity index (χ1n) is 3.80. The van der Waals surface area contributed by atoms with Crippen LogP contribution in [0.3, 0.4) is 0 Å². The summed E-state index contributed by atoms with van der Waals surface area (Å²) in [6.07, 6.45) is 0.912. The van der Waals surface area contributed by atoms with E-state index in [0.717, 1.165) is 12.2 Å². The average molecular weight is 314 g/mol. The Morgan fingerprint density at radius 3 is 2.69 bits per heavy atom. The molecule has 1 aromatic rings. The largest absolute Gasteiger partial charge is 0.497 e. The lowest BCUT2D eigenvalue weighted by atomic mass is 10.1. The van der Waals surface area contributed by atoms with Gasteiger partial charge in [0.05, 0.1) is 7.11 Å². The van der Waals surface area contributed by atoms with E-state index in [1.165, 1.54) is 9.13 Å². The highest BCUT2D eigenvalue weighted by molar-refractivity contribution is 14.1. The van der Waals surface area contributed by atoms with Crippen molar-refractivity contribution in [3.8, 4) is 5.75 Å². The molecule has 0 aliphatic heterocycles. The number of ether oxygens (including phenoxy) is 1. The topological polar surface area (TPSA) is 35.2 Å². The molecule has 0 unspecified atom stereocenters. The van der Waals surface area contributed by atoms with E-state index in [-0.39, 0.29) is 12.4 Å². The molecule has 0 saturated carbocycles. The van der Waals surface area contributed by atoms with Crippen LogP contribution in [0.25, 0.3) is 0 Å². The summed E-state index contributed by atoms with van der Waals surface area (Å²) >= 11 is 2.31. The predicted octanol–water partition coefficient (Wildman–Crippen LogP) is 2.22. The van der Waals surface area contributed by atoms with Gasteiger partial charge in [-0.2, -0.15) is 0 Å². The van der Waals surface area contributed by atoms with Gasteiger partial charge in [0.2, 0.25) is 0 Å². The first-order valence-corrected chi connectivity index (χ1v) is 4.88. The molecule has 74 valence electrons. The summed E-state index contributed by atoms with van der Waals surface area (Å²) < 4.78 is 6.36. The molecule has 1 rings (SSSR count). The van der Waals surface area contributed by atoms with Crippen molar-refractivity contribution >= 4 is 35.0 Å². The summed E-state index contributed by atoms with van der Waals surface area (Å²) in [5.74, 6) is 0.902. The van der Waals surface area contributed by atoms with Gasteiger partial charge in [0.1, 0.15) is 5.75 Å². The van der Waals surface area contributed by atoms with Crippen molar-refractivity contribution in [3.63, 3.8) is 0 Å². The zero-order valence-electron chi connectivity index (χ0n) is 7.42. The van der Waals surface area contributed by atoms with E-state index in [1.54, 1.807) is 7.11 Å². The molecule has 0 aliphatic rings. The summed E-state index contributed by atoms with van der Waals surface area (Å²) in [6.45, 7) is 0.684. The molecule has 0 aromatic heterocycles. The maximum atomic E-state index is 5.48. The van der Waals surface area contributed by atoms with Crippen molar-refractivity contribution in [3.05, 3.63) is 27.3 Å². The minimum absolute atomic E-state index is 0. The molecule has 0 saturated heterocycles. The second-order valence-corrected chi connectivity index (χ2v) is 3.66. The van der Waals surface area contributed by atoms with Crippen LogP contribution < -0.4 is 10.5 Å². The second kappa shape index (κ2) is 6.45. The van der Waals surface area contributed by atoms with E-state index >= 15 is 0 Å². The molecule has 0 aliphatic carbocycles. The number of methoxy groups -OCH3 is 1. The first-order chi connectivity index (χ1) is 5.77. The van der Waals surface area contributed by atoms with Crippen LogP contribution in [0.5, 0.6) is 5.75 Å². The molecule has 0 bridgehead atoms. The van der Waals surface area contributed by atoms with Crippen LogP contribution in [0.2, 0.25) is 0 Å². The van der Waals surface area contributed by atoms with Crippen molar-refractivity contribution in [1.82, 2.24) is 0 Å². The van der Waals surface area contributed by atoms with Crippen LogP contribution in [0.1, 0.15) is 5.56 Å². The summed E-state index contributed by atoms with van der Waals surface area (Å²) in [4.78, 5) is 0. The van der Waals surface area contributed by atoms with E-state index in [4.69, 9.17) is 10.5 Å². The Bertz CT molecular complexity index is 268. The Hall–Kier alpha value is -0.000000000000000167. The molecule has 0 fully saturated rings. The maximum Gasteiger partial charge on any atom is 0.119 e. The molecule has 0 radical (unpaired) electrons. The summed E-state index contributed by atoms with van der Waals surface area (Å²) in [7, 11) is 1.68. The molecule has 0 amide bonds. The Labute approximate surface area is 98.4 Å². The Kier molecular flexibility index (Phi) is 6.45. The SMILES string of the molecule is COc1ccc(I)c(CCN)c1.Cl. The van der Waals surface area contributed by atoms with E-state index in [9.17, 15) is 0 Å². The fourth-order valence-electron chi connectivity index (χ4n) is 1.03. The monoisotopic (exact) mass is 313 g/mol. The third kappa shape index (κ3) is 3.70. The molecule has 1 aromatic carbocycles. The highest BCUT2D eigenvalue weighted by atomic mass is 127. The fraction of sp³-hybridized carbons (Fsp3) is 0.333. The third-order valence-corrected chi connectivity index (χ3v) is 2.72. The number of benzene rings is 1. The summed E-state index contributed by atoms with van der Waals surface area (Å²) in [5.41, 5.74) is 6.74. The maximum absolute atomic E-state index is 5.48. The molecular weight excluding hydrogens is 300 g/mol. The van der Waals surface area contributed by atoms with Gasteiger partial charge in [-0.3, -0.25) is 0 Å². The zero-order valence-corrected chi connectivity index (χ0v) is 10.4. The quantitative estimate of drug-likeness (QED) is 0.869. The van der Waals surface area contributed by atoms with Crippen LogP contribution in [0, 0.1) is 3.57 Å². The van der Waals surface area contributed by atoms with Gasteiger partial charge in [-0.25, -0.2) is 0 Å². The molecule has 2 N–H and O–H groups in total. The minimum atomic E-state index is 0. The van der Waals surface area contributed by atoms with Crippen LogP contribution >= 0.6 is 35.0 Å². The fourth-order valence-corrected chi connectivity index (χ4v) is 1.63. The number of halogens is 2. The van der Waals surface area contributed by atoms with Crippen LogP contribution in [-0.4, -0.2) is 13.7 Å².